The maximum absolute atomic E-state index is 13.4. The van der Waals surface area contributed by atoms with Gasteiger partial charge in [-0.1, -0.05) is 6.07 Å². The summed E-state index contributed by atoms with van der Waals surface area (Å²) in [6.45, 7) is 3.25. The van der Waals surface area contributed by atoms with E-state index in [4.69, 9.17) is 0 Å². The van der Waals surface area contributed by atoms with Crippen molar-refractivity contribution in [2.75, 3.05) is 13.1 Å². The number of hydrogen-bond acceptors (Lipinski definition) is 5. The Kier molecular flexibility index (Phi) is 7.74. The van der Waals surface area contributed by atoms with Crippen molar-refractivity contribution in [3.63, 3.8) is 0 Å². The number of nitrogens with zero attached hydrogens (tertiary/aromatic N) is 3. The third-order valence-corrected chi connectivity index (χ3v) is 9.90. The predicted molar refractivity (Wildman–Crippen MR) is 134 cm³/mol. The van der Waals surface area contributed by atoms with E-state index in [-0.39, 0.29) is 42.9 Å². The SMILES string of the molecule is CC(C)(C1CCN(C(=O)c2ncccc2-c2ccc(C(F)(F)F)cn2)CC1)S(=O)(=O)c1cccc(C(F)(F)F)c1. The molecule has 3 heterocycles. The molecule has 3 aromatic rings. The summed E-state index contributed by atoms with van der Waals surface area (Å²) in [4.78, 5) is 22.4. The van der Waals surface area contributed by atoms with Crippen LogP contribution in [0.5, 0.6) is 0 Å². The fourth-order valence-corrected chi connectivity index (χ4v) is 6.62. The lowest BCUT2D eigenvalue weighted by Crippen LogP contribution is -2.47. The van der Waals surface area contributed by atoms with Crippen molar-refractivity contribution in [2.45, 2.75) is 48.7 Å². The zero-order chi connectivity index (χ0) is 29.5. The number of aromatic nitrogens is 2. The second kappa shape index (κ2) is 10.5. The van der Waals surface area contributed by atoms with E-state index < -0.39 is 54.8 Å². The molecule has 0 aliphatic carbocycles. The van der Waals surface area contributed by atoms with E-state index in [1.54, 1.807) is 0 Å². The second-order valence-electron chi connectivity index (χ2n) is 10.0. The molecule has 1 aliphatic rings. The van der Waals surface area contributed by atoms with Crippen molar-refractivity contribution in [1.82, 2.24) is 14.9 Å². The van der Waals surface area contributed by atoms with Gasteiger partial charge < -0.3 is 4.90 Å². The number of carbonyl (C=O) groups excluding carboxylic acids is 1. The highest BCUT2D eigenvalue weighted by Crippen LogP contribution is 2.40. The molecule has 4 rings (SSSR count). The van der Waals surface area contributed by atoms with Crippen LogP contribution in [0.15, 0.2) is 65.8 Å². The lowest BCUT2D eigenvalue weighted by Gasteiger charge is -2.40. The van der Waals surface area contributed by atoms with E-state index in [0.717, 1.165) is 30.3 Å². The Morgan fingerprint density at radius 1 is 0.875 bits per heavy atom. The minimum Gasteiger partial charge on any atom is -0.337 e. The topological polar surface area (TPSA) is 80.2 Å². The lowest BCUT2D eigenvalue weighted by atomic mass is 9.85. The summed E-state index contributed by atoms with van der Waals surface area (Å²) in [5.41, 5.74) is -1.62. The molecule has 0 bridgehead atoms. The molecule has 0 atom stereocenters. The van der Waals surface area contributed by atoms with Gasteiger partial charge in [-0.15, -0.1) is 0 Å². The molecule has 1 aliphatic heterocycles. The molecule has 0 radical (unpaired) electrons. The summed E-state index contributed by atoms with van der Waals surface area (Å²) in [5, 5.41) is 0. The molecule has 0 unspecified atom stereocenters. The average Bonchev–Trinajstić information content (AvgIpc) is 2.92. The lowest BCUT2D eigenvalue weighted by molar-refractivity contribution is -0.138. The van der Waals surface area contributed by atoms with Crippen LogP contribution in [0.3, 0.4) is 0 Å². The highest BCUT2D eigenvalue weighted by Gasteiger charge is 2.45. The van der Waals surface area contributed by atoms with Crippen LogP contribution in [0.2, 0.25) is 0 Å². The van der Waals surface area contributed by atoms with Crippen LogP contribution in [0.4, 0.5) is 26.3 Å². The molecule has 40 heavy (non-hydrogen) atoms. The van der Waals surface area contributed by atoms with Gasteiger partial charge in [-0.2, -0.15) is 26.3 Å². The summed E-state index contributed by atoms with van der Waals surface area (Å²) in [6.07, 6.45) is -6.68. The van der Waals surface area contributed by atoms with Crippen LogP contribution < -0.4 is 0 Å². The van der Waals surface area contributed by atoms with Crippen LogP contribution in [-0.2, 0) is 22.2 Å². The maximum atomic E-state index is 13.4. The first-order valence-corrected chi connectivity index (χ1v) is 13.7. The molecule has 1 aromatic carbocycles. The third kappa shape index (κ3) is 5.70. The summed E-state index contributed by atoms with van der Waals surface area (Å²) < 4.78 is 104. The first kappa shape index (κ1) is 29.5. The van der Waals surface area contributed by atoms with Gasteiger partial charge in [-0.3, -0.25) is 14.8 Å². The van der Waals surface area contributed by atoms with Crippen LogP contribution >= 0.6 is 0 Å². The van der Waals surface area contributed by atoms with Gasteiger partial charge in [0, 0.05) is 31.0 Å². The number of rotatable bonds is 5. The predicted octanol–water partition coefficient (Wildman–Crippen LogP) is 6.29. The number of benzene rings is 1. The fourth-order valence-electron chi connectivity index (χ4n) is 4.79. The molecule has 0 spiro atoms. The van der Waals surface area contributed by atoms with Gasteiger partial charge in [0.2, 0.25) is 0 Å². The van der Waals surface area contributed by atoms with Crippen LogP contribution in [0.1, 0.15) is 48.3 Å². The van der Waals surface area contributed by atoms with E-state index in [2.05, 4.69) is 9.97 Å². The number of carbonyl (C=O) groups is 1. The van der Waals surface area contributed by atoms with E-state index in [1.807, 2.05) is 0 Å². The molecule has 1 fully saturated rings. The van der Waals surface area contributed by atoms with Crippen molar-refractivity contribution in [3.8, 4) is 11.3 Å². The quantitative estimate of drug-likeness (QED) is 0.329. The Morgan fingerprint density at radius 3 is 2.10 bits per heavy atom. The van der Waals surface area contributed by atoms with Crippen molar-refractivity contribution in [1.29, 1.82) is 0 Å². The smallest absolute Gasteiger partial charge is 0.337 e. The number of halogens is 6. The number of pyridine rings is 2. The number of likely N-dealkylation sites (tertiary alicyclic amines) is 1. The van der Waals surface area contributed by atoms with E-state index >= 15 is 0 Å². The van der Waals surface area contributed by atoms with E-state index in [1.165, 1.54) is 37.1 Å². The van der Waals surface area contributed by atoms with Crippen molar-refractivity contribution in [2.24, 2.45) is 5.92 Å². The normalized spacial score (nSPS) is 15.8. The number of hydrogen-bond donors (Lipinski definition) is 0. The largest absolute Gasteiger partial charge is 0.417 e. The van der Waals surface area contributed by atoms with E-state index in [0.29, 0.717) is 12.3 Å². The molecule has 6 nitrogen and oxygen atoms in total. The molecule has 214 valence electrons. The summed E-state index contributed by atoms with van der Waals surface area (Å²) >= 11 is 0. The number of piperidine rings is 1. The molecule has 0 N–H and O–H groups in total. The highest BCUT2D eigenvalue weighted by atomic mass is 32.2. The van der Waals surface area contributed by atoms with Crippen LogP contribution in [0.25, 0.3) is 11.3 Å². The van der Waals surface area contributed by atoms with Crippen molar-refractivity contribution < 1.29 is 39.6 Å². The molecular weight excluding hydrogens is 560 g/mol. The molecule has 1 amide bonds. The molecule has 2 aromatic heterocycles. The molecule has 13 heteroatoms. The van der Waals surface area contributed by atoms with E-state index in [9.17, 15) is 39.6 Å². The molecule has 1 saturated heterocycles. The van der Waals surface area contributed by atoms with Crippen LogP contribution in [-0.4, -0.2) is 47.0 Å². The number of alkyl halides is 6. The Labute approximate surface area is 227 Å². The van der Waals surface area contributed by atoms with Crippen molar-refractivity contribution >= 4 is 15.7 Å². The Balaban J connectivity index is 1.51. The zero-order valence-electron chi connectivity index (χ0n) is 21.4. The fraction of sp³-hybridized carbons (Fsp3) is 0.370. The Hall–Kier alpha value is -3.48. The van der Waals surface area contributed by atoms with Gasteiger partial charge in [0.05, 0.1) is 26.5 Å². The number of sulfone groups is 1. The van der Waals surface area contributed by atoms with Gasteiger partial charge in [-0.25, -0.2) is 8.42 Å². The maximum Gasteiger partial charge on any atom is 0.417 e. The van der Waals surface area contributed by atoms with Gasteiger partial charge in [0.1, 0.15) is 5.69 Å². The van der Waals surface area contributed by atoms with Gasteiger partial charge in [-0.05, 0) is 75.1 Å². The molecular formula is C27H25F6N3O3S. The van der Waals surface area contributed by atoms with Crippen molar-refractivity contribution in [3.05, 3.63) is 77.7 Å². The van der Waals surface area contributed by atoms with Gasteiger partial charge in [0.25, 0.3) is 5.91 Å². The number of amides is 1. The van der Waals surface area contributed by atoms with Gasteiger partial charge in [0.15, 0.2) is 9.84 Å². The van der Waals surface area contributed by atoms with Gasteiger partial charge >= 0.3 is 12.4 Å². The minimum atomic E-state index is -4.69. The first-order chi connectivity index (χ1) is 18.5. The summed E-state index contributed by atoms with van der Waals surface area (Å²) in [5.74, 6) is -0.954. The third-order valence-electron chi connectivity index (χ3n) is 7.31. The summed E-state index contributed by atoms with van der Waals surface area (Å²) in [7, 11) is -4.17. The van der Waals surface area contributed by atoms with Crippen LogP contribution in [0, 0.1) is 5.92 Å². The Morgan fingerprint density at radius 2 is 1.52 bits per heavy atom. The highest BCUT2D eigenvalue weighted by molar-refractivity contribution is 7.92. The second-order valence-corrected chi connectivity index (χ2v) is 12.6. The first-order valence-electron chi connectivity index (χ1n) is 12.2. The minimum absolute atomic E-state index is 0.0101. The molecule has 0 saturated carbocycles. The zero-order valence-corrected chi connectivity index (χ0v) is 22.2. The monoisotopic (exact) mass is 585 g/mol. The Bertz CT molecular complexity index is 1490. The average molecular weight is 586 g/mol. The summed E-state index contributed by atoms with van der Waals surface area (Å²) in [6, 6.07) is 8.71. The standard InChI is InChI=1S/C27H25F6N3O3S/c1-25(2,40(38,39)20-6-3-5-18(15-20)26(28,29)30)17-10-13-36(14-11-17)24(37)23-21(7-4-12-34-23)22-9-8-19(16-35-22)27(31,32)33/h3-9,12,15-17H,10-11,13-14H2,1-2H3.